The Kier molecular flexibility index (Phi) is 2.51. The first-order valence-corrected chi connectivity index (χ1v) is 4.30. The van der Waals surface area contributed by atoms with Crippen LogP contribution in [0.15, 0.2) is 51.7 Å². The predicted octanol–water partition coefficient (Wildman–Crippen LogP) is 2.30. The van der Waals surface area contributed by atoms with Crippen LogP contribution in [0.5, 0.6) is 0 Å². The van der Waals surface area contributed by atoms with E-state index >= 15 is 0 Å². The van der Waals surface area contributed by atoms with E-state index in [0.29, 0.717) is 11.5 Å². The van der Waals surface area contributed by atoms with Crippen molar-refractivity contribution >= 4 is 5.57 Å². The lowest BCUT2D eigenvalue weighted by Gasteiger charge is -1.99. The number of aliphatic hydroxyl groups excluding tert-OH is 1. The van der Waals surface area contributed by atoms with Crippen molar-refractivity contribution in [1.29, 1.82) is 0 Å². The Hall–Kier alpha value is -1.74. The Balaban J connectivity index is 2.40. The van der Waals surface area contributed by atoms with Gasteiger partial charge in [-0.05, 0) is 30.3 Å². The van der Waals surface area contributed by atoms with Gasteiger partial charge in [-0.1, -0.05) is 0 Å². The zero-order valence-corrected chi connectivity index (χ0v) is 7.51. The summed E-state index contributed by atoms with van der Waals surface area (Å²) in [5, 5.41) is 8.87. The van der Waals surface area contributed by atoms with Crippen molar-refractivity contribution in [2.75, 3.05) is 6.61 Å². The molecule has 0 amide bonds. The molecule has 3 nitrogen and oxygen atoms in total. The average molecular weight is 190 g/mol. The van der Waals surface area contributed by atoms with Crippen LogP contribution in [0.1, 0.15) is 11.5 Å². The highest BCUT2D eigenvalue weighted by Crippen LogP contribution is 2.23. The van der Waals surface area contributed by atoms with E-state index in [-0.39, 0.29) is 6.61 Å². The lowest BCUT2D eigenvalue weighted by Crippen LogP contribution is -1.85. The summed E-state index contributed by atoms with van der Waals surface area (Å²) < 4.78 is 10.5. The number of aliphatic hydroxyl groups is 1. The van der Waals surface area contributed by atoms with Crippen molar-refractivity contribution in [1.82, 2.24) is 0 Å². The molecule has 2 heterocycles. The van der Waals surface area contributed by atoms with Crippen LogP contribution in [0, 0.1) is 0 Å². The lowest BCUT2D eigenvalue weighted by molar-refractivity contribution is 0.342. The molecule has 0 radical (unpaired) electrons. The largest absolute Gasteiger partial charge is 0.464 e. The zero-order chi connectivity index (χ0) is 9.80. The molecule has 0 saturated carbocycles. The lowest BCUT2D eigenvalue weighted by atomic mass is 10.1. The van der Waals surface area contributed by atoms with E-state index in [1.54, 1.807) is 30.7 Å². The quantitative estimate of drug-likeness (QED) is 0.807. The third-order valence-electron chi connectivity index (χ3n) is 1.87. The minimum Gasteiger partial charge on any atom is -0.464 e. The number of hydrogen-bond donors (Lipinski definition) is 1. The maximum absolute atomic E-state index is 8.87. The summed E-state index contributed by atoms with van der Waals surface area (Å²) in [6.07, 6.45) is 4.82. The third kappa shape index (κ3) is 1.63. The smallest absolute Gasteiger partial charge is 0.137 e. The van der Waals surface area contributed by atoms with Gasteiger partial charge in [0.1, 0.15) is 11.5 Å². The van der Waals surface area contributed by atoms with E-state index in [1.165, 1.54) is 0 Å². The van der Waals surface area contributed by atoms with Gasteiger partial charge in [0.25, 0.3) is 0 Å². The molecule has 14 heavy (non-hydrogen) atoms. The van der Waals surface area contributed by atoms with Gasteiger partial charge in [-0.25, -0.2) is 0 Å². The van der Waals surface area contributed by atoms with Crippen LogP contribution >= 0.6 is 0 Å². The summed E-state index contributed by atoms with van der Waals surface area (Å²) in [6, 6.07) is 7.24. The van der Waals surface area contributed by atoms with Crippen LogP contribution in [0.25, 0.3) is 5.57 Å². The fraction of sp³-hybridized carbons (Fsp3) is 0.0909. The molecule has 3 heteroatoms. The van der Waals surface area contributed by atoms with Gasteiger partial charge in [-0.3, -0.25) is 0 Å². The van der Waals surface area contributed by atoms with Crippen LogP contribution in [-0.4, -0.2) is 11.7 Å². The molecule has 0 fully saturated rings. The molecular weight excluding hydrogens is 180 g/mol. The standard InChI is InChI=1S/C11H10O3/c12-6-5-9(10-3-1-7-13-10)11-4-2-8-14-11/h1-5,7-8,12H,6H2. The molecule has 0 atom stereocenters. The number of hydrogen-bond acceptors (Lipinski definition) is 3. The van der Waals surface area contributed by atoms with Crippen molar-refractivity contribution in [3.63, 3.8) is 0 Å². The van der Waals surface area contributed by atoms with Crippen LogP contribution in [0.4, 0.5) is 0 Å². The predicted molar refractivity (Wildman–Crippen MR) is 51.6 cm³/mol. The monoisotopic (exact) mass is 190 g/mol. The zero-order valence-electron chi connectivity index (χ0n) is 7.51. The second-order valence-electron chi connectivity index (χ2n) is 2.75. The van der Waals surface area contributed by atoms with E-state index < -0.39 is 0 Å². The van der Waals surface area contributed by atoms with Gasteiger partial charge in [0, 0.05) is 0 Å². The van der Waals surface area contributed by atoms with Gasteiger partial charge in [-0.15, -0.1) is 0 Å². The molecular formula is C11H10O3. The van der Waals surface area contributed by atoms with Crippen molar-refractivity contribution in [3.8, 4) is 0 Å². The summed E-state index contributed by atoms with van der Waals surface area (Å²) >= 11 is 0. The minimum atomic E-state index is -0.0449. The van der Waals surface area contributed by atoms with Crippen LogP contribution in [-0.2, 0) is 0 Å². The third-order valence-corrected chi connectivity index (χ3v) is 1.87. The highest BCUT2D eigenvalue weighted by Gasteiger charge is 2.09. The first kappa shape index (κ1) is 8.84. The van der Waals surface area contributed by atoms with Gasteiger partial charge in [0.15, 0.2) is 0 Å². The maximum Gasteiger partial charge on any atom is 0.137 e. The van der Waals surface area contributed by atoms with E-state index in [0.717, 1.165) is 5.57 Å². The Morgan fingerprint density at radius 2 is 1.71 bits per heavy atom. The second-order valence-corrected chi connectivity index (χ2v) is 2.75. The van der Waals surface area contributed by atoms with Gasteiger partial charge in [-0.2, -0.15) is 0 Å². The summed E-state index contributed by atoms with van der Waals surface area (Å²) in [6.45, 7) is -0.0449. The molecule has 2 aromatic heterocycles. The van der Waals surface area contributed by atoms with E-state index in [9.17, 15) is 0 Å². The molecule has 0 aliphatic rings. The maximum atomic E-state index is 8.87. The summed E-state index contributed by atoms with van der Waals surface area (Å²) in [5.74, 6) is 1.38. The average Bonchev–Trinajstić information content (AvgIpc) is 2.87. The Morgan fingerprint density at radius 3 is 2.07 bits per heavy atom. The molecule has 0 aliphatic carbocycles. The second kappa shape index (κ2) is 3.98. The minimum absolute atomic E-state index is 0.0449. The number of furan rings is 2. The Bertz CT molecular complexity index is 359. The van der Waals surface area contributed by atoms with Crippen molar-refractivity contribution in [2.45, 2.75) is 0 Å². The van der Waals surface area contributed by atoms with Gasteiger partial charge in [0.05, 0.1) is 24.7 Å². The molecule has 72 valence electrons. The molecule has 0 unspecified atom stereocenters. The first-order valence-electron chi connectivity index (χ1n) is 4.30. The van der Waals surface area contributed by atoms with Crippen LogP contribution in [0.2, 0.25) is 0 Å². The summed E-state index contributed by atoms with van der Waals surface area (Å²) in [7, 11) is 0. The normalized spacial score (nSPS) is 10.1. The fourth-order valence-electron chi connectivity index (χ4n) is 1.28. The van der Waals surface area contributed by atoms with Crippen molar-refractivity contribution in [3.05, 3.63) is 54.4 Å². The molecule has 0 saturated heterocycles. The molecule has 0 aliphatic heterocycles. The van der Waals surface area contributed by atoms with Crippen LogP contribution in [0.3, 0.4) is 0 Å². The van der Waals surface area contributed by atoms with E-state index in [1.807, 2.05) is 12.1 Å². The Labute approximate surface area is 81.3 Å². The highest BCUT2D eigenvalue weighted by molar-refractivity contribution is 5.74. The molecule has 0 spiro atoms. The SMILES string of the molecule is OCC=C(c1ccco1)c1ccco1. The summed E-state index contributed by atoms with van der Waals surface area (Å²) in [5.41, 5.74) is 0.766. The van der Waals surface area contributed by atoms with Gasteiger partial charge < -0.3 is 13.9 Å². The molecule has 2 rings (SSSR count). The first-order chi connectivity index (χ1) is 6.92. The van der Waals surface area contributed by atoms with Gasteiger partial charge >= 0.3 is 0 Å². The Morgan fingerprint density at radius 1 is 1.14 bits per heavy atom. The number of rotatable bonds is 3. The highest BCUT2D eigenvalue weighted by atomic mass is 16.3. The van der Waals surface area contributed by atoms with E-state index in [4.69, 9.17) is 13.9 Å². The summed E-state index contributed by atoms with van der Waals surface area (Å²) in [4.78, 5) is 0. The van der Waals surface area contributed by atoms with Crippen LogP contribution < -0.4 is 0 Å². The van der Waals surface area contributed by atoms with Crippen molar-refractivity contribution in [2.24, 2.45) is 0 Å². The molecule has 0 bridgehead atoms. The molecule has 0 aromatic carbocycles. The molecule has 1 N–H and O–H groups in total. The topological polar surface area (TPSA) is 46.5 Å². The van der Waals surface area contributed by atoms with Gasteiger partial charge in [0.2, 0.25) is 0 Å². The fourth-order valence-corrected chi connectivity index (χ4v) is 1.28. The van der Waals surface area contributed by atoms with Crippen molar-refractivity contribution < 1.29 is 13.9 Å². The van der Waals surface area contributed by atoms with E-state index in [2.05, 4.69) is 0 Å². The molecule has 2 aromatic rings.